The van der Waals surface area contributed by atoms with Crippen LogP contribution in [0.25, 0.3) is 0 Å². The highest BCUT2D eigenvalue weighted by Crippen LogP contribution is 2.45. The van der Waals surface area contributed by atoms with Gasteiger partial charge in [-0.15, -0.1) is 6.58 Å². The van der Waals surface area contributed by atoms with Crippen molar-refractivity contribution in [1.29, 1.82) is 0 Å². The molecule has 3 rings (SSSR count). The predicted octanol–water partition coefficient (Wildman–Crippen LogP) is 3.77. The van der Waals surface area contributed by atoms with Crippen LogP contribution in [0.4, 0.5) is 4.79 Å². The molecule has 0 aromatic carbocycles. The first-order valence-electron chi connectivity index (χ1n) is 17.9. The lowest BCUT2D eigenvalue weighted by Gasteiger charge is -2.47. The summed E-state index contributed by atoms with van der Waals surface area (Å²) in [6, 6.07) is -0.345. The lowest BCUT2D eigenvalue weighted by molar-refractivity contribution is -0.295. The minimum absolute atomic E-state index is 0.0679. The smallest absolute Gasteiger partial charge is 0.408 e. The molecule has 0 radical (unpaired) electrons. The van der Waals surface area contributed by atoms with E-state index in [0.29, 0.717) is 6.42 Å². The van der Waals surface area contributed by atoms with Crippen LogP contribution in [0.1, 0.15) is 88.0 Å². The topological polar surface area (TPSA) is 173 Å². The van der Waals surface area contributed by atoms with E-state index >= 15 is 0 Å². The van der Waals surface area contributed by atoms with Crippen LogP contribution in [0, 0.1) is 29.6 Å². The predicted molar refractivity (Wildman–Crippen MR) is 184 cm³/mol. The van der Waals surface area contributed by atoms with Crippen LogP contribution < -0.4 is 5.32 Å². The lowest BCUT2D eigenvalue weighted by atomic mass is 9.70. The van der Waals surface area contributed by atoms with Gasteiger partial charge in [0.05, 0.1) is 18.6 Å². The molecule has 0 saturated carbocycles. The van der Waals surface area contributed by atoms with Gasteiger partial charge in [0.2, 0.25) is 0 Å². The van der Waals surface area contributed by atoms with Gasteiger partial charge < -0.3 is 38.6 Å². The number of amides is 1. The van der Waals surface area contributed by atoms with Crippen molar-refractivity contribution in [1.82, 2.24) is 10.2 Å². The van der Waals surface area contributed by atoms with E-state index in [4.69, 9.17) is 28.4 Å². The zero-order valence-corrected chi connectivity index (χ0v) is 32.0. The molecule has 3 aliphatic rings. The molecule has 3 aliphatic heterocycles. The van der Waals surface area contributed by atoms with E-state index in [1.54, 1.807) is 41.5 Å². The van der Waals surface area contributed by atoms with Gasteiger partial charge in [-0.2, -0.15) is 0 Å². The normalized spacial score (nSPS) is 39.6. The summed E-state index contributed by atoms with van der Waals surface area (Å²) in [4.78, 5) is 82.7. The summed E-state index contributed by atoms with van der Waals surface area (Å²) >= 11 is 0. The maximum Gasteiger partial charge on any atom is 0.408 e. The molecule has 0 spiro atoms. The molecule has 0 bridgehead atoms. The van der Waals surface area contributed by atoms with Gasteiger partial charge in [0.15, 0.2) is 18.2 Å². The van der Waals surface area contributed by atoms with Crippen molar-refractivity contribution in [3.8, 4) is 0 Å². The quantitative estimate of drug-likeness (QED) is 0.166. The van der Waals surface area contributed by atoms with Crippen LogP contribution >= 0.6 is 0 Å². The van der Waals surface area contributed by atoms with Crippen LogP contribution in [-0.2, 0) is 52.4 Å². The van der Waals surface area contributed by atoms with E-state index in [9.17, 15) is 28.8 Å². The van der Waals surface area contributed by atoms with Crippen molar-refractivity contribution < 1.29 is 57.2 Å². The number of Topliss-reactive ketones (excluding diaryl/α,β-unsaturated/α-hetero) is 2. The molecule has 0 aromatic rings. The summed E-state index contributed by atoms with van der Waals surface area (Å²) in [6.07, 6.45) is -3.64. The molecule has 3 unspecified atom stereocenters. The molecule has 1 amide bonds. The number of carbonyl (C=O) groups excluding carboxylic acids is 6. The average molecular weight is 723 g/mol. The third-order valence-corrected chi connectivity index (χ3v) is 10.8. The summed E-state index contributed by atoms with van der Waals surface area (Å²) in [7, 11) is 3.67. The minimum Gasteiger partial charge on any atom is -0.458 e. The molecule has 0 aromatic heterocycles. The molecule has 288 valence electrons. The Morgan fingerprint density at radius 1 is 1.04 bits per heavy atom. The number of rotatable bonds is 8. The molecule has 14 heteroatoms. The Kier molecular flexibility index (Phi) is 14.0. The fourth-order valence-corrected chi connectivity index (χ4v) is 8.10. The first-order chi connectivity index (χ1) is 23.7. The molecule has 1 N–H and O–H groups in total. The van der Waals surface area contributed by atoms with E-state index in [1.165, 1.54) is 19.9 Å². The maximum atomic E-state index is 14.3. The Labute approximate surface area is 301 Å². The highest BCUT2D eigenvalue weighted by molar-refractivity contribution is 6.00. The number of alkyl carbamates (subject to hydrolysis) is 1. The van der Waals surface area contributed by atoms with Crippen molar-refractivity contribution in [2.24, 2.45) is 29.6 Å². The zero-order valence-electron chi connectivity index (χ0n) is 32.0. The number of ketones is 2. The van der Waals surface area contributed by atoms with Gasteiger partial charge in [-0.05, 0) is 61.1 Å². The second kappa shape index (κ2) is 17.0. The fraction of sp³-hybridized carbons (Fsp3) is 0.784. The minimum atomic E-state index is -1.71. The van der Waals surface area contributed by atoms with Gasteiger partial charge in [0.1, 0.15) is 35.1 Å². The van der Waals surface area contributed by atoms with Gasteiger partial charge in [-0.3, -0.25) is 24.0 Å². The second-order valence-corrected chi connectivity index (χ2v) is 15.1. The van der Waals surface area contributed by atoms with Crippen LogP contribution in [0.3, 0.4) is 0 Å². The Morgan fingerprint density at radius 2 is 1.69 bits per heavy atom. The Bertz CT molecular complexity index is 1340. The number of esters is 3. The molecular formula is C37H58N2O12. The monoisotopic (exact) mass is 722 g/mol. The summed E-state index contributed by atoms with van der Waals surface area (Å²) in [5, 5.41) is 2.59. The number of hydrogen-bond donors (Lipinski definition) is 1. The van der Waals surface area contributed by atoms with E-state index in [1.807, 2.05) is 25.9 Å². The van der Waals surface area contributed by atoms with Gasteiger partial charge in [-0.25, -0.2) is 4.79 Å². The third-order valence-electron chi connectivity index (χ3n) is 10.8. The largest absolute Gasteiger partial charge is 0.458 e. The van der Waals surface area contributed by atoms with Crippen molar-refractivity contribution >= 4 is 35.6 Å². The SMILES string of the molecule is C=CCNC(=O)O[C@]1(C)C[C@@H](C)C(=O)C(C)C2CC(=O)O[C@]2(C)[C@@H](CC)OC(=O)[C@H](C)C(=O)[C@H](C)[C@H]1OC1O[C@H](C)C[C@H](N(C)C)[C@H]1OC(C)=O. The Hall–Kier alpha value is -3.36. The first kappa shape index (κ1) is 42.1. The van der Waals surface area contributed by atoms with Crippen molar-refractivity contribution in [2.75, 3.05) is 20.6 Å². The maximum absolute atomic E-state index is 14.3. The zero-order chi connectivity index (χ0) is 38.6. The van der Waals surface area contributed by atoms with Crippen molar-refractivity contribution in [3.05, 3.63) is 12.7 Å². The van der Waals surface area contributed by atoms with Crippen LogP contribution in [0.2, 0.25) is 0 Å². The van der Waals surface area contributed by atoms with Crippen LogP contribution in [0.15, 0.2) is 12.7 Å². The number of carbonyl (C=O) groups is 6. The molecule has 3 saturated heterocycles. The fourth-order valence-electron chi connectivity index (χ4n) is 8.10. The Morgan fingerprint density at radius 3 is 2.25 bits per heavy atom. The van der Waals surface area contributed by atoms with Gasteiger partial charge >= 0.3 is 24.0 Å². The van der Waals surface area contributed by atoms with E-state index in [0.717, 1.165) is 0 Å². The molecule has 14 nitrogen and oxygen atoms in total. The number of ether oxygens (including phenoxy) is 6. The summed E-state index contributed by atoms with van der Waals surface area (Å²) < 4.78 is 36.5. The number of hydrogen-bond acceptors (Lipinski definition) is 13. The number of nitrogens with one attached hydrogen (secondary N) is 1. The van der Waals surface area contributed by atoms with Crippen LogP contribution in [-0.4, -0.2) is 109 Å². The Balaban J connectivity index is 2.23. The van der Waals surface area contributed by atoms with E-state index in [2.05, 4.69) is 11.9 Å². The average Bonchev–Trinajstić information content (AvgIpc) is 3.37. The van der Waals surface area contributed by atoms with Gasteiger partial charge in [0.25, 0.3) is 0 Å². The van der Waals surface area contributed by atoms with Gasteiger partial charge in [-0.1, -0.05) is 33.8 Å². The molecule has 3 heterocycles. The number of nitrogens with zero attached hydrogens (tertiary/aromatic N) is 1. The molecular weight excluding hydrogens is 664 g/mol. The summed E-state index contributed by atoms with van der Waals surface area (Å²) in [5.41, 5.74) is -3.03. The molecule has 0 aliphatic carbocycles. The van der Waals surface area contributed by atoms with Crippen molar-refractivity contribution in [3.63, 3.8) is 0 Å². The van der Waals surface area contributed by atoms with E-state index in [-0.39, 0.29) is 43.7 Å². The number of fused-ring (bicyclic) bond motifs is 1. The van der Waals surface area contributed by atoms with E-state index < -0.39 is 95.2 Å². The lowest BCUT2D eigenvalue weighted by Crippen LogP contribution is -2.61. The third kappa shape index (κ3) is 9.36. The molecule has 3 fully saturated rings. The molecule has 13 atom stereocenters. The van der Waals surface area contributed by atoms with Gasteiger partial charge in [0, 0.05) is 37.1 Å². The van der Waals surface area contributed by atoms with Crippen LogP contribution in [0.5, 0.6) is 0 Å². The van der Waals surface area contributed by atoms with Crippen molar-refractivity contribution in [2.45, 2.75) is 136 Å². The number of cyclic esters (lactones) is 1. The second-order valence-electron chi connectivity index (χ2n) is 15.1. The molecule has 51 heavy (non-hydrogen) atoms. The highest BCUT2D eigenvalue weighted by atomic mass is 16.7. The highest BCUT2D eigenvalue weighted by Gasteiger charge is 2.57. The summed E-state index contributed by atoms with van der Waals surface area (Å²) in [5.74, 6) is -7.43. The number of likely N-dealkylation sites (N-methyl/N-ethyl adjacent to an activating group) is 1. The first-order valence-corrected chi connectivity index (χ1v) is 17.9. The summed E-state index contributed by atoms with van der Waals surface area (Å²) in [6.45, 7) is 18.2. The standard InChI is InChI=1S/C37H58N2O12/c1-13-15-38-35(45)51-36(9)18-19(3)29(42)21(5)25-17-28(41)50-37(25,10)27(14-2)48-33(44)23(7)30(43)22(6)32(36)49-34-31(47-24(8)40)26(39(11)12)16-20(4)46-34/h13,19-23,25-27,31-32,34H,1,14-18H2,2-12H3,(H,38,45)/t19-,20-,21?,22+,23-,25?,26+,27-,31-,32-,34?,36-,37+/m1/s1.